The first-order valence-corrected chi connectivity index (χ1v) is 6.68. The molecule has 1 aliphatic rings. The summed E-state index contributed by atoms with van der Waals surface area (Å²) in [6.45, 7) is 4.05. The Hall–Kier alpha value is -2.75. The minimum atomic E-state index is -0.514. The first-order chi connectivity index (χ1) is 10.3. The third kappa shape index (κ3) is 2.74. The summed E-state index contributed by atoms with van der Waals surface area (Å²) in [4.78, 5) is 12.1. The van der Waals surface area contributed by atoms with Crippen LogP contribution < -0.4 is 14.8 Å². The molecule has 2 aromatic rings. The maximum absolute atomic E-state index is 12.1. The Balaban J connectivity index is 1.85. The highest BCUT2D eigenvalue weighted by molar-refractivity contribution is 5.97. The van der Waals surface area contributed by atoms with E-state index >= 15 is 0 Å². The average molecular weight is 281 g/mol. The molecule has 4 nitrogen and oxygen atoms in total. The molecule has 0 aromatic heterocycles. The quantitative estimate of drug-likeness (QED) is 0.876. The van der Waals surface area contributed by atoms with E-state index in [1.807, 2.05) is 36.4 Å². The van der Waals surface area contributed by atoms with Crippen LogP contribution >= 0.6 is 0 Å². The van der Waals surface area contributed by atoms with E-state index in [4.69, 9.17) is 9.47 Å². The lowest BCUT2D eigenvalue weighted by Gasteiger charge is -2.27. The summed E-state index contributed by atoms with van der Waals surface area (Å²) < 4.78 is 11.3. The topological polar surface area (TPSA) is 47.6 Å². The average Bonchev–Trinajstić information content (AvgIpc) is 2.53. The van der Waals surface area contributed by atoms with Gasteiger partial charge in [0.15, 0.2) is 6.23 Å². The zero-order valence-electron chi connectivity index (χ0n) is 11.4. The Morgan fingerprint density at radius 2 is 2.10 bits per heavy atom. The number of para-hydroxylation sites is 1. The van der Waals surface area contributed by atoms with Crippen molar-refractivity contribution in [2.75, 3.05) is 6.61 Å². The van der Waals surface area contributed by atoms with Crippen molar-refractivity contribution in [1.82, 2.24) is 5.32 Å². The number of ether oxygens (including phenoxy) is 2. The highest BCUT2D eigenvalue weighted by atomic mass is 16.5. The maximum atomic E-state index is 12.1. The Kier molecular flexibility index (Phi) is 3.60. The van der Waals surface area contributed by atoms with Crippen LogP contribution in [-0.4, -0.2) is 12.5 Å². The lowest BCUT2D eigenvalue weighted by Crippen LogP contribution is -2.36. The van der Waals surface area contributed by atoms with Crippen LogP contribution in [0, 0.1) is 0 Å². The van der Waals surface area contributed by atoms with Crippen LogP contribution in [-0.2, 0) is 0 Å². The van der Waals surface area contributed by atoms with Crippen molar-refractivity contribution in [2.45, 2.75) is 6.23 Å². The second-order valence-electron chi connectivity index (χ2n) is 4.64. The highest BCUT2D eigenvalue weighted by Gasteiger charge is 2.26. The SMILES string of the molecule is C=CCOc1cccc([C@H]2NC(=O)c3ccccc3O2)c1. The molecule has 3 rings (SSSR count). The number of carbonyl (C=O) groups is 1. The summed E-state index contributed by atoms with van der Waals surface area (Å²) in [5.74, 6) is 1.16. The van der Waals surface area contributed by atoms with Crippen LogP contribution in [0.1, 0.15) is 22.1 Å². The maximum Gasteiger partial charge on any atom is 0.258 e. The van der Waals surface area contributed by atoms with Gasteiger partial charge in [0.05, 0.1) is 5.56 Å². The number of carbonyl (C=O) groups excluding carboxylic acids is 1. The van der Waals surface area contributed by atoms with Gasteiger partial charge >= 0.3 is 0 Å². The number of fused-ring (bicyclic) bond motifs is 1. The van der Waals surface area contributed by atoms with E-state index in [1.54, 1.807) is 18.2 Å². The van der Waals surface area contributed by atoms with Crippen molar-refractivity contribution in [3.63, 3.8) is 0 Å². The molecule has 0 radical (unpaired) electrons. The van der Waals surface area contributed by atoms with Crippen molar-refractivity contribution >= 4 is 5.91 Å². The Morgan fingerprint density at radius 3 is 2.95 bits per heavy atom. The van der Waals surface area contributed by atoms with E-state index in [2.05, 4.69) is 11.9 Å². The largest absolute Gasteiger partial charge is 0.490 e. The van der Waals surface area contributed by atoms with Gasteiger partial charge in [-0.15, -0.1) is 0 Å². The fourth-order valence-electron chi connectivity index (χ4n) is 2.18. The zero-order valence-corrected chi connectivity index (χ0v) is 11.4. The molecule has 0 spiro atoms. The van der Waals surface area contributed by atoms with E-state index in [0.29, 0.717) is 23.7 Å². The van der Waals surface area contributed by atoms with E-state index in [0.717, 1.165) is 5.56 Å². The Bertz CT molecular complexity index is 681. The number of rotatable bonds is 4. The van der Waals surface area contributed by atoms with E-state index in [-0.39, 0.29) is 5.91 Å². The number of benzene rings is 2. The summed E-state index contributed by atoms with van der Waals surface area (Å²) in [6.07, 6.45) is 1.17. The molecule has 0 saturated heterocycles. The van der Waals surface area contributed by atoms with Gasteiger partial charge in [0.2, 0.25) is 0 Å². The van der Waals surface area contributed by atoms with Gasteiger partial charge in [-0.25, -0.2) is 0 Å². The van der Waals surface area contributed by atoms with Gasteiger partial charge in [-0.3, -0.25) is 4.79 Å². The van der Waals surface area contributed by atoms with Crippen LogP contribution in [0.15, 0.2) is 61.2 Å². The molecule has 21 heavy (non-hydrogen) atoms. The molecule has 1 N–H and O–H groups in total. The molecular formula is C17H15NO3. The molecule has 0 saturated carbocycles. The molecule has 1 aliphatic heterocycles. The normalized spacial score (nSPS) is 16.4. The summed E-state index contributed by atoms with van der Waals surface area (Å²) in [6, 6.07) is 14.6. The number of hydrogen-bond acceptors (Lipinski definition) is 3. The predicted octanol–water partition coefficient (Wildman–Crippen LogP) is 3.07. The van der Waals surface area contributed by atoms with Crippen LogP contribution in [0.4, 0.5) is 0 Å². The van der Waals surface area contributed by atoms with Crippen molar-refractivity contribution < 1.29 is 14.3 Å². The summed E-state index contributed by atoms with van der Waals surface area (Å²) in [5, 5.41) is 2.84. The van der Waals surface area contributed by atoms with Crippen LogP contribution in [0.5, 0.6) is 11.5 Å². The first kappa shape index (κ1) is 13.2. The molecular weight excluding hydrogens is 266 g/mol. The van der Waals surface area contributed by atoms with Gasteiger partial charge in [-0.2, -0.15) is 0 Å². The van der Waals surface area contributed by atoms with E-state index < -0.39 is 6.23 Å². The molecule has 2 aromatic carbocycles. The van der Waals surface area contributed by atoms with E-state index in [9.17, 15) is 4.79 Å². The smallest absolute Gasteiger partial charge is 0.258 e. The third-order valence-electron chi connectivity index (χ3n) is 3.17. The standard InChI is InChI=1S/C17H15NO3/c1-2-10-20-13-7-5-6-12(11-13)17-18-16(19)14-8-3-4-9-15(14)21-17/h2-9,11,17H,1,10H2,(H,18,19)/t17-/m0/s1. The molecule has 0 fully saturated rings. The van der Waals surface area contributed by atoms with Crippen molar-refractivity contribution in [3.8, 4) is 11.5 Å². The lowest BCUT2D eigenvalue weighted by atomic mass is 10.1. The molecule has 1 heterocycles. The highest BCUT2D eigenvalue weighted by Crippen LogP contribution is 2.29. The first-order valence-electron chi connectivity index (χ1n) is 6.68. The van der Waals surface area contributed by atoms with Gasteiger partial charge in [-0.05, 0) is 24.3 Å². The molecule has 4 heteroatoms. The summed E-state index contributed by atoms with van der Waals surface area (Å²) >= 11 is 0. The monoisotopic (exact) mass is 281 g/mol. The lowest BCUT2D eigenvalue weighted by molar-refractivity contribution is 0.0755. The van der Waals surface area contributed by atoms with Gasteiger partial charge in [0, 0.05) is 5.56 Å². The second-order valence-corrected chi connectivity index (χ2v) is 4.64. The second kappa shape index (κ2) is 5.71. The van der Waals surface area contributed by atoms with E-state index in [1.165, 1.54) is 0 Å². The van der Waals surface area contributed by atoms with Gasteiger partial charge in [0.1, 0.15) is 18.1 Å². The van der Waals surface area contributed by atoms with Crippen LogP contribution in [0.3, 0.4) is 0 Å². The Labute approximate surface area is 123 Å². The molecule has 0 aliphatic carbocycles. The Morgan fingerprint density at radius 1 is 1.24 bits per heavy atom. The van der Waals surface area contributed by atoms with Crippen LogP contribution in [0.25, 0.3) is 0 Å². The minimum Gasteiger partial charge on any atom is -0.490 e. The number of amides is 1. The van der Waals surface area contributed by atoms with Gasteiger partial charge < -0.3 is 14.8 Å². The molecule has 0 bridgehead atoms. The van der Waals surface area contributed by atoms with Gasteiger partial charge in [0.25, 0.3) is 5.91 Å². The van der Waals surface area contributed by atoms with Crippen molar-refractivity contribution in [1.29, 1.82) is 0 Å². The fourth-order valence-corrected chi connectivity index (χ4v) is 2.18. The summed E-state index contributed by atoms with van der Waals surface area (Å²) in [7, 11) is 0. The number of nitrogens with one attached hydrogen (secondary N) is 1. The molecule has 0 unspecified atom stereocenters. The zero-order chi connectivity index (χ0) is 14.7. The van der Waals surface area contributed by atoms with Crippen LogP contribution in [0.2, 0.25) is 0 Å². The van der Waals surface area contributed by atoms with Gasteiger partial charge in [-0.1, -0.05) is 36.9 Å². The number of hydrogen-bond donors (Lipinski definition) is 1. The molecule has 1 atom stereocenters. The predicted molar refractivity (Wildman–Crippen MR) is 79.4 cm³/mol. The van der Waals surface area contributed by atoms with Crippen molar-refractivity contribution in [2.24, 2.45) is 0 Å². The third-order valence-corrected chi connectivity index (χ3v) is 3.17. The van der Waals surface area contributed by atoms with Crippen molar-refractivity contribution in [3.05, 3.63) is 72.3 Å². The summed E-state index contributed by atoms with van der Waals surface area (Å²) in [5.41, 5.74) is 1.38. The minimum absolute atomic E-state index is 0.140. The molecule has 1 amide bonds. The molecule has 106 valence electrons. The fraction of sp³-hybridized carbons (Fsp3) is 0.118.